The van der Waals surface area contributed by atoms with Crippen LogP contribution in [0.3, 0.4) is 0 Å². The van der Waals surface area contributed by atoms with Crippen molar-refractivity contribution in [3.8, 4) is 5.75 Å². The second-order valence-corrected chi connectivity index (χ2v) is 6.19. The van der Waals surface area contributed by atoms with Crippen LogP contribution in [-0.2, 0) is 17.4 Å². The van der Waals surface area contributed by atoms with Gasteiger partial charge in [-0.25, -0.2) is 0 Å². The maximum Gasteiger partial charge on any atom is 0.419 e. The highest BCUT2D eigenvalue weighted by atomic mass is 32.1. The van der Waals surface area contributed by atoms with E-state index >= 15 is 0 Å². The van der Waals surface area contributed by atoms with E-state index in [1.54, 1.807) is 23.7 Å². The summed E-state index contributed by atoms with van der Waals surface area (Å²) in [6.45, 7) is 0. The average Bonchev–Trinajstić information content (AvgIpc) is 2.95. The van der Waals surface area contributed by atoms with Crippen LogP contribution in [0.25, 0.3) is 10.1 Å². The molecule has 2 heterocycles. The van der Waals surface area contributed by atoms with Gasteiger partial charge in [-0.3, -0.25) is 9.78 Å². The first-order chi connectivity index (χ1) is 11.9. The van der Waals surface area contributed by atoms with E-state index in [0.29, 0.717) is 21.3 Å². The van der Waals surface area contributed by atoms with Crippen LogP contribution in [-0.4, -0.2) is 18.0 Å². The Balaban J connectivity index is 1.91. The van der Waals surface area contributed by atoms with Gasteiger partial charge in [0.1, 0.15) is 5.75 Å². The Bertz CT molecular complexity index is 907. The number of ether oxygens (including phenoxy) is 1. The summed E-state index contributed by atoms with van der Waals surface area (Å²) in [5, 5.41) is 4.76. The van der Waals surface area contributed by atoms with Crippen LogP contribution in [0, 0.1) is 0 Å². The quantitative estimate of drug-likeness (QED) is 0.739. The lowest BCUT2D eigenvalue weighted by Gasteiger charge is -2.12. The van der Waals surface area contributed by atoms with E-state index in [1.807, 2.05) is 0 Å². The van der Waals surface area contributed by atoms with Gasteiger partial charge in [0.15, 0.2) is 0 Å². The number of nitrogens with one attached hydrogen (secondary N) is 1. The second kappa shape index (κ2) is 6.72. The first-order valence-corrected chi connectivity index (χ1v) is 8.11. The molecule has 0 spiro atoms. The van der Waals surface area contributed by atoms with Crippen molar-refractivity contribution < 1.29 is 22.7 Å². The highest BCUT2D eigenvalue weighted by Gasteiger charge is 2.35. The van der Waals surface area contributed by atoms with Crippen molar-refractivity contribution in [1.29, 1.82) is 0 Å². The van der Waals surface area contributed by atoms with Crippen LogP contribution in [0.1, 0.15) is 11.1 Å². The minimum absolute atomic E-state index is 0.0292. The summed E-state index contributed by atoms with van der Waals surface area (Å²) in [7, 11) is 1.20. The topological polar surface area (TPSA) is 51.2 Å². The lowest BCUT2D eigenvalue weighted by Crippen LogP contribution is -2.14. The van der Waals surface area contributed by atoms with Gasteiger partial charge in [0.2, 0.25) is 5.91 Å². The summed E-state index contributed by atoms with van der Waals surface area (Å²) in [6, 6.07) is 5.75. The van der Waals surface area contributed by atoms with Gasteiger partial charge < -0.3 is 10.1 Å². The number of alkyl halides is 3. The standard InChI is InChI=1S/C17H13F3N2O2S/c1-24-14-7-15-12(6-13(14)17(18,19)20)10(9-25-15)5-16(23)22-11-3-2-4-21-8-11/h2-4,6-9H,5H2,1H3,(H,22,23). The Morgan fingerprint density at radius 3 is 2.80 bits per heavy atom. The molecule has 4 nitrogen and oxygen atoms in total. The number of halogens is 3. The number of nitrogens with zero attached hydrogens (tertiary/aromatic N) is 1. The predicted octanol–water partition coefficient (Wildman–Crippen LogP) is 4.50. The molecule has 1 N–H and O–H groups in total. The SMILES string of the molecule is COc1cc2scc(CC(=O)Nc3cccnc3)c2cc1C(F)(F)F. The van der Waals surface area contributed by atoms with Crippen molar-refractivity contribution in [3.63, 3.8) is 0 Å². The molecule has 0 aliphatic heterocycles. The number of hydrogen-bond donors (Lipinski definition) is 1. The van der Waals surface area contributed by atoms with E-state index in [2.05, 4.69) is 10.3 Å². The van der Waals surface area contributed by atoms with Gasteiger partial charge in [0.25, 0.3) is 0 Å². The van der Waals surface area contributed by atoms with E-state index < -0.39 is 11.7 Å². The lowest BCUT2D eigenvalue weighted by atomic mass is 10.1. The fraction of sp³-hybridized carbons (Fsp3) is 0.176. The van der Waals surface area contributed by atoms with Gasteiger partial charge in [-0.15, -0.1) is 11.3 Å². The van der Waals surface area contributed by atoms with Crippen molar-refractivity contribution in [2.45, 2.75) is 12.6 Å². The number of amides is 1. The molecule has 0 bridgehead atoms. The Morgan fingerprint density at radius 1 is 1.36 bits per heavy atom. The Morgan fingerprint density at radius 2 is 2.16 bits per heavy atom. The molecule has 0 unspecified atom stereocenters. The molecule has 0 radical (unpaired) electrons. The summed E-state index contributed by atoms with van der Waals surface area (Å²) >= 11 is 1.27. The molecule has 130 valence electrons. The number of fused-ring (bicyclic) bond motifs is 1. The number of hydrogen-bond acceptors (Lipinski definition) is 4. The monoisotopic (exact) mass is 366 g/mol. The van der Waals surface area contributed by atoms with Crippen LogP contribution in [0.4, 0.5) is 18.9 Å². The van der Waals surface area contributed by atoms with E-state index in [0.717, 1.165) is 6.07 Å². The second-order valence-electron chi connectivity index (χ2n) is 5.27. The number of thiophene rings is 1. The van der Waals surface area contributed by atoms with Crippen LogP contribution >= 0.6 is 11.3 Å². The predicted molar refractivity (Wildman–Crippen MR) is 89.9 cm³/mol. The molecule has 1 amide bonds. The molecule has 0 aliphatic rings. The van der Waals surface area contributed by atoms with Crippen molar-refractivity contribution in [1.82, 2.24) is 4.98 Å². The normalized spacial score (nSPS) is 11.5. The Hall–Kier alpha value is -2.61. The minimum Gasteiger partial charge on any atom is -0.496 e. The third kappa shape index (κ3) is 3.74. The molecule has 8 heteroatoms. The molecule has 3 aromatic rings. The Labute approximate surface area is 145 Å². The highest BCUT2D eigenvalue weighted by molar-refractivity contribution is 7.17. The average molecular weight is 366 g/mol. The molecular formula is C17H13F3N2O2S. The largest absolute Gasteiger partial charge is 0.496 e. The van der Waals surface area contributed by atoms with E-state index in [4.69, 9.17) is 4.74 Å². The molecule has 3 rings (SSSR count). The third-order valence-electron chi connectivity index (χ3n) is 3.58. The van der Waals surface area contributed by atoms with Crippen LogP contribution in [0.2, 0.25) is 0 Å². The van der Waals surface area contributed by atoms with Crippen LogP contribution < -0.4 is 10.1 Å². The number of aromatic nitrogens is 1. The maximum atomic E-state index is 13.2. The number of anilines is 1. The summed E-state index contributed by atoms with van der Waals surface area (Å²) in [5.74, 6) is -0.551. The number of carbonyl (C=O) groups excluding carboxylic acids is 1. The summed E-state index contributed by atoms with van der Waals surface area (Å²) in [6.07, 6.45) is -1.49. The van der Waals surface area contributed by atoms with Crippen molar-refractivity contribution in [2.24, 2.45) is 0 Å². The smallest absolute Gasteiger partial charge is 0.419 e. The summed E-state index contributed by atoms with van der Waals surface area (Å²) < 4.78 is 45.0. The zero-order valence-corrected chi connectivity index (χ0v) is 13.9. The van der Waals surface area contributed by atoms with E-state index in [9.17, 15) is 18.0 Å². The highest BCUT2D eigenvalue weighted by Crippen LogP contribution is 2.41. The van der Waals surface area contributed by atoms with Gasteiger partial charge in [-0.1, -0.05) is 0 Å². The van der Waals surface area contributed by atoms with Crippen molar-refractivity contribution in [2.75, 3.05) is 12.4 Å². The molecule has 0 fully saturated rings. The number of benzene rings is 1. The van der Waals surface area contributed by atoms with Gasteiger partial charge in [-0.2, -0.15) is 13.2 Å². The fourth-order valence-corrected chi connectivity index (χ4v) is 3.42. The molecule has 0 saturated heterocycles. The fourth-order valence-electron chi connectivity index (χ4n) is 2.45. The molecule has 1 aromatic carbocycles. The molecule has 2 aromatic heterocycles. The number of carbonyl (C=O) groups is 1. The first-order valence-electron chi connectivity index (χ1n) is 7.23. The van der Waals surface area contributed by atoms with Gasteiger partial charge in [-0.05, 0) is 40.6 Å². The maximum absolute atomic E-state index is 13.2. The van der Waals surface area contributed by atoms with E-state index in [1.165, 1.54) is 30.7 Å². The first kappa shape index (κ1) is 17.2. The van der Waals surface area contributed by atoms with Gasteiger partial charge in [0, 0.05) is 10.9 Å². The zero-order chi connectivity index (χ0) is 18.0. The third-order valence-corrected chi connectivity index (χ3v) is 4.57. The number of rotatable bonds is 4. The zero-order valence-electron chi connectivity index (χ0n) is 13.1. The summed E-state index contributed by atoms with van der Waals surface area (Å²) in [5.41, 5.74) is 0.217. The molecular weight excluding hydrogens is 353 g/mol. The van der Waals surface area contributed by atoms with Gasteiger partial charge >= 0.3 is 6.18 Å². The molecule has 0 aliphatic carbocycles. The summed E-state index contributed by atoms with van der Waals surface area (Å²) in [4.78, 5) is 16.0. The van der Waals surface area contributed by atoms with E-state index in [-0.39, 0.29) is 18.1 Å². The van der Waals surface area contributed by atoms with Crippen molar-refractivity contribution in [3.05, 3.63) is 53.2 Å². The number of pyridine rings is 1. The molecule has 0 saturated carbocycles. The molecule has 25 heavy (non-hydrogen) atoms. The number of methoxy groups -OCH3 is 1. The minimum atomic E-state index is -4.53. The van der Waals surface area contributed by atoms with Crippen LogP contribution in [0.5, 0.6) is 5.75 Å². The van der Waals surface area contributed by atoms with Crippen LogP contribution in [0.15, 0.2) is 42.0 Å². The van der Waals surface area contributed by atoms with Crippen molar-refractivity contribution >= 4 is 33.0 Å². The Kier molecular flexibility index (Phi) is 4.63. The lowest BCUT2D eigenvalue weighted by molar-refractivity contribution is -0.138. The van der Waals surface area contributed by atoms with Gasteiger partial charge in [0.05, 0.1) is 31.0 Å². The molecule has 0 atom stereocenters.